The fourth-order valence-electron chi connectivity index (χ4n) is 4.50. The van der Waals surface area contributed by atoms with E-state index < -0.39 is 0 Å². The second kappa shape index (κ2) is 11.1. The predicted octanol–water partition coefficient (Wildman–Crippen LogP) is 3.88. The first-order valence-electron chi connectivity index (χ1n) is 11.9. The van der Waals surface area contributed by atoms with E-state index in [2.05, 4.69) is 51.5 Å². The molecule has 1 amide bonds. The highest BCUT2D eigenvalue weighted by molar-refractivity contribution is 7.18. The second-order valence-corrected chi connectivity index (χ2v) is 9.75. The number of hydrogen-bond acceptors (Lipinski definition) is 6. The van der Waals surface area contributed by atoms with Gasteiger partial charge in [0.15, 0.2) is 0 Å². The molecule has 0 saturated carbocycles. The third kappa shape index (κ3) is 5.67. The number of carbonyl (C=O) groups excluding carboxylic acids is 1. The molecule has 1 N–H and O–H groups in total. The summed E-state index contributed by atoms with van der Waals surface area (Å²) in [6.45, 7) is 6.94. The molecule has 178 valence electrons. The van der Waals surface area contributed by atoms with Crippen LogP contribution in [0.3, 0.4) is 0 Å². The summed E-state index contributed by atoms with van der Waals surface area (Å²) in [6, 6.07) is 22.8. The smallest absolute Gasteiger partial charge is 0.261 e. The highest BCUT2D eigenvalue weighted by Gasteiger charge is 2.24. The van der Waals surface area contributed by atoms with Crippen LogP contribution in [-0.4, -0.2) is 69.5 Å². The van der Waals surface area contributed by atoms with Crippen molar-refractivity contribution in [3.8, 4) is 11.1 Å². The molecule has 3 aromatic rings. The lowest BCUT2D eigenvalue weighted by atomic mass is 10.1. The molecule has 5 rings (SSSR count). The van der Waals surface area contributed by atoms with Gasteiger partial charge in [-0.05, 0) is 17.2 Å². The Morgan fingerprint density at radius 2 is 1.71 bits per heavy atom. The molecule has 0 aliphatic carbocycles. The first-order valence-corrected chi connectivity index (χ1v) is 12.8. The van der Waals surface area contributed by atoms with E-state index in [1.807, 2.05) is 30.3 Å². The van der Waals surface area contributed by atoms with Crippen LogP contribution in [0.1, 0.15) is 15.2 Å². The lowest BCUT2D eigenvalue weighted by Gasteiger charge is -2.33. The van der Waals surface area contributed by atoms with E-state index in [0.29, 0.717) is 26.4 Å². The van der Waals surface area contributed by atoms with Gasteiger partial charge in [-0.1, -0.05) is 60.7 Å². The lowest BCUT2D eigenvalue weighted by molar-refractivity contribution is -0.0292. The van der Waals surface area contributed by atoms with E-state index >= 15 is 0 Å². The minimum absolute atomic E-state index is 0.00585. The summed E-state index contributed by atoms with van der Waals surface area (Å²) in [7, 11) is 0. The summed E-state index contributed by atoms with van der Waals surface area (Å²) in [4.78, 5) is 18.6. The molecule has 2 aromatic carbocycles. The lowest BCUT2D eigenvalue weighted by Crippen LogP contribution is -2.47. The van der Waals surface area contributed by atoms with E-state index in [1.54, 1.807) is 11.3 Å². The number of ether oxygens (including phenoxy) is 2. The molecule has 0 radical (unpaired) electrons. The SMILES string of the molecule is O=C(NCC1CN(Cc2ccccc2)CCO1)c1cc(-c2ccccc2)c(N2CCOCC2)s1. The molecule has 34 heavy (non-hydrogen) atoms. The van der Waals surface area contributed by atoms with Crippen LogP contribution in [0, 0.1) is 0 Å². The number of hydrogen-bond donors (Lipinski definition) is 1. The number of thiophene rings is 1. The summed E-state index contributed by atoms with van der Waals surface area (Å²) in [5.41, 5.74) is 3.54. The number of amides is 1. The Labute approximate surface area is 205 Å². The highest BCUT2D eigenvalue weighted by atomic mass is 32.1. The Hall–Kier alpha value is -2.71. The van der Waals surface area contributed by atoms with Crippen molar-refractivity contribution in [3.63, 3.8) is 0 Å². The van der Waals surface area contributed by atoms with Gasteiger partial charge in [-0.15, -0.1) is 11.3 Å². The van der Waals surface area contributed by atoms with Gasteiger partial charge < -0.3 is 19.7 Å². The summed E-state index contributed by atoms with van der Waals surface area (Å²) in [6.07, 6.45) is -0.00585. The summed E-state index contributed by atoms with van der Waals surface area (Å²) < 4.78 is 11.5. The van der Waals surface area contributed by atoms with Gasteiger partial charge in [0.25, 0.3) is 5.91 Å². The van der Waals surface area contributed by atoms with Crippen LogP contribution in [0.15, 0.2) is 66.7 Å². The molecule has 2 saturated heterocycles. The molecule has 2 aliphatic heterocycles. The van der Waals surface area contributed by atoms with Crippen molar-refractivity contribution < 1.29 is 14.3 Å². The average molecular weight is 478 g/mol. The van der Waals surface area contributed by atoms with Gasteiger partial charge in [-0.2, -0.15) is 0 Å². The first kappa shape index (κ1) is 23.1. The summed E-state index contributed by atoms with van der Waals surface area (Å²) >= 11 is 1.56. The number of morpholine rings is 2. The Kier molecular flexibility index (Phi) is 7.56. The maximum absolute atomic E-state index is 13.1. The van der Waals surface area contributed by atoms with Gasteiger partial charge in [0.1, 0.15) is 0 Å². The number of rotatable bonds is 7. The van der Waals surface area contributed by atoms with Gasteiger partial charge in [0, 0.05) is 44.8 Å². The number of nitrogens with one attached hydrogen (secondary N) is 1. The fraction of sp³-hybridized carbons (Fsp3) is 0.370. The van der Waals surface area contributed by atoms with Crippen LogP contribution < -0.4 is 10.2 Å². The topological polar surface area (TPSA) is 54.0 Å². The molecule has 1 unspecified atom stereocenters. The zero-order valence-corrected chi connectivity index (χ0v) is 20.1. The predicted molar refractivity (Wildman–Crippen MR) is 137 cm³/mol. The van der Waals surface area contributed by atoms with Crippen LogP contribution in [0.2, 0.25) is 0 Å². The minimum atomic E-state index is -0.0366. The molecule has 0 spiro atoms. The zero-order chi connectivity index (χ0) is 23.2. The van der Waals surface area contributed by atoms with Crippen molar-refractivity contribution in [1.82, 2.24) is 10.2 Å². The standard InChI is InChI=1S/C27H31N3O3S/c31-26(28-18-23-20-29(11-16-33-23)19-21-7-3-1-4-8-21)25-17-24(22-9-5-2-6-10-22)27(34-25)30-12-14-32-15-13-30/h1-10,17,23H,11-16,18-20H2,(H,28,31). The van der Waals surface area contributed by atoms with Crippen molar-refractivity contribution in [2.75, 3.05) is 57.4 Å². The summed E-state index contributed by atoms with van der Waals surface area (Å²) in [5, 5.41) is 4.27. The molecule has 7 heteroatoms. The van der Waals surface area contributed by atoms with Crippen molar-refractivity contribution in [1.29, 1.82) is 0 Å². The fourth-order valence-corrected chi connectivity index (χ4v) is 5.65. The van der Waals surface area contributed by atoms with Gasteiger partial charge in [0.2, 0.25) is 0 Å². The van der Waals surface area contributed by atoms with Crippen molar-refractivity contribution >= 4 is 22.2 Å². The molecule has 6 nitrogen and oxygen atoms in total. The maximum atomic E-state index is 13.1. The van der Waals surface area contributed by atoms with Gasteiger partial charge >= 0.3 is 0 Å². The highest BCUT2D eigenvalue weighted by Crippen LogP contribution is 2.39. The Morgan fingerprint density at radius 1 is 0.971 bits per heavy atom. The number of benzene rings is 2. The zero-order valence-electron chi connectivity index (χ0n) is 19.3. The molecule has 2 aliphatic rings. The number of anilines is 1. The molecule has 3 heterocycles. The van der Waals surface area contributed by atoms with Gasteiger partial charge in [0.05, 0.1) is 35.8 Å². The molecular weight excluding hydrogens is 446 g/mol. The second-order valence-electron chi connectivity index (χ2n) is 8.72. The largest absolute Gasteiger partial charge is 0.378 e. The van der Waals surface area contributed by atoms with E-state index in [1.165, 1.54) is 5.56 Å². The molecule has 0 bridgehead atoms. The van der Waals surface area contributed by atoms with Crippen molar-refractivity contribution in [3.05, 3.63) is 77.2 Å². The minimum Gasteiger partial charge on any atom is -0.378 e. The first-order chi connectivity index (χ1) is 16.8. The third-order valence-corrected chi connectivity index (χ3v) is 7.48. The number of carbonyl (C=O) groups is 1. The van der Waals surface area contributed by atoms with E-state index in [-0.39, 0.29) is 12.0 Å². The summed E-state index contributed by atoms with van der Waals surface area (Å²) in [5.74, 6) is -0.0366. The quantitative estimate of drug-likeness (QED) is 0.560. The van der Waals surface area contributed by atoms with Gasteiger partial charge in [-0.3, -0.25) is 9.69 Å². The maximum Gasteiger partial charge on any atom is 0.261 e. The van der Waals surface area contributed by atoms with Crippen LogP contribution in [0.25, 0.3) is 11.1 Å². The van der Waals surface area contributed by atoms with Crippen LogP contribution in [0.5, 0.6) is 0 Å². The van der Waals surface area contributed by atoms with E-state index in [4.69, 9.17) is 9.47 Å². The average Bonchev–Trinajstić information content (AvgIpc) is 3.35. The van der Waals surface area contributed by atoms with Crippen molar-refractivity contribution in [2.45, 2.75) is 12.6 Å². The molecule has 1 aromatic heterocycles. The molecule has 1 atom stereocenters. The Bertz CT molecular complexity index is 1070. The van der Waals surface area contributed by atoms with Crippen molar-refractivity contribution in [2.24, 2.45) is 0 Å². The monoisotopic (exact) mass is 477 g/mol. The van der Waals surface area contributed by atoms with Crippen LogP contribution in [0.4, 0.5) is 5.00 Å². The number of nitrogens with zero attached hydrogens (tertiary/aromatic N) is 2. The Morgan fingerprint density at radius 3 is 2.47 bits per heavy atom. The third-order valence-electron chi connectivity index (χ3n) is 6.28. The van der Waals surface area contributed by atoms with E-state index in [9.17, 15) is 4.79 Å². The molecular formula is C27H31N3O3S. The van der Waals surface area contributed by atoms with Gasteiger partial charge in [-0.25, -0.2) is 0 Å². The van der Waals surface area contributed by atoms with E-state index in [0.717, 1.165) is 53.7 Å². The molecule has 2 fully saturated rings. The Balaban J connectivity index is 1.24. The normalized spacial score (nSPS) is 19.2. The van der Waals surface area contributed by atoms with Crippen LogP contribution >= 0.6 is 11.3 Å². The van der Waals surface area contributed by atoms with Crippen LogP contribution in [-0.2, 0) is 16.0 Å².